The second kappa shape index (κ2) is 5.34. The Bertz CT molecular complexity index is 416. The molecule has 0 aromatic carbocycles. The third-order valence-electron chi connectivity index (χ3n) is 2.39. The minimum Gasteiger partial charge on any atom is -0.477 e. The van der Waals surface area contributed by atoms with Crippen LogP contribution in [0.4, 0.5) is 0 Å². The van der Waals surface area contributed by atoms with Gasteiger partial charge in [-0.3, -0.25) is 4.79 Å². The van der Waals surface area contributed by atoms with Gasteiger partial charge in [0.1, 0.15) is 5.82 Å². The third kappa shape index (κ3) is 5.02. The number of hydrogen-bond acceptors (Lipinski definition) is 3. The van der Waals surface area contributed by atoms with Crippen LogP contribution in [0.2, 0.25) is 0 Å². The first-order valence-electron chi connectivity index (χ1n) is 6.02. The fourth-order valence-electron chi connectivity index (χ4n) is 1.26. The average molecular weight is 238 g/mol. The third-order valence-corrected chi connectivity index (χ3v) is 2.39. The lowest BCUT2D eigenvalue weighted by molar-refractivity contribution is 0.235. The molecule has 4 heteroatoms. The molecule has 0 saturated carbocycles. The highest BCUT2D eigenvalue weighted by molar-refractivity contribution is 5.10. The van der Waals surface area contributed by atoms with Crippen LogP contribution in [0.25, 0.3) is 0 Å². The van der Waals surface area contributed by atoms with Crippen molar-refractivity contribution in [1.29, 1.82) is 0 Å². The van der Waals surface area contributed by atoms with Crippen molar-refractivity contribution >= 4 is 0 Å². The normalized spacial score (nSPS) is 11.9. The van der Waals surface area contributed by atoms with Gasteiger partial charge in [0.25, 0.3) is 5.56 Å². The van der Waals surface area contributed by atoms with E-state index in [1.165, 1.54) is 6.07 Å². The molecule has 96 valence electrons. The Morgan fingerprint density at radius 1 is 1.41 bits per heavy atom. The van der Waals surface area contributed by atoms with Crippen LogP contribution in [-0.4, -0.2) is 16.6 Å². The summed E-state index contributed by atoms with van der Waals surface area (Å²) in [5, 5.41) is 0. The first kappa shape index (κ1) is 13.7. The van der Waals surface area contributed by atoms with E-state index in [4.69, 9.17) is 4.74 Å². The quantitative estimate of drug-likeness (QED) is 0.877. The standard InChI is InChI=1S/C13H22N2O2/c1-9(2)12-14-10(16)8-11(15-12)17-7-6-13(3,4)5/h8-9H,6-7H2,1-5H3,(H,14,15,16). The van der Waals surface area contributed by atoms with Gasteiger partial charge in [-0.15, -0.1) is 0 Å². The number of nitrogens with one attached hydrogen (secondary N) is 1. The lowest BCUT2D eigenvalue weighted by Crippen LogP contribution is -2.15. The van der Waals surface area contributed by atoms with E-state index in [1.807, 2.05) is 13.8 Å². The summed E-state index contributed by atoms with van der Waals surface area (Å²) in [6.07, 6.45) is 0.929. The van der Waals surface area contributed by atoms with Crippen molar-refractivity contribution in [3.63, 3.8) is 0 Å². The molecule has 0 unspecified atom stereocenters. The molecule has 0 radical (unpaired) electrons. The zero-order valence-electron chi connectivity index (χ0n) is 11.3. The molecular weight excluding hydrogens is 216 g/mol. The van der Waals surface area contributed by atoms with Gasteiger partial charge in [0.05, 0.1) is 12.7 Å². The van der Waals surface area contributed by atoms with Crippen molar-refractivity contribution in [2.45, 2.75) is 47.0 Å². The fourth-order valence-corrected chi connectivity index (χ4v) is 1.26. The molecule has 0 fully saturated rings. The lowest BCUT2D eigenvalue weighted by atomic mass is 9.93. The molecule has 1 aromatic heterocycles. The molecule has 0 amide bonds. The zero-order chi connectivity index (χ0) is 13.1. The molecule has 0 atom stereocenters. The lowest BCUT2D eigenvalue weighted by Gasteiger charge is -2.17. The highest BCUT2D eigenvalue weighted by Crippen LogP contribution is 2.18. The van der Waals surface area contributed by atoms with Crippen LogP contribution in [0.15, 0.2) is 10.9 Å². The van der Waals surface area contributed by atoms with Crippen LogP contribution in [0.1, 0.15) is 52.8 Å². The Labute approximate surface area is 102 Å². The van der Waals surface area contributed by atoms with Crippen LogP contribution in [-0.2, 0) is 0 Å². The molecule has 0 aliphatic heterocycles. The Hall–Kier alpha value is -1.32. The van der Waals surface area contributed by atoms with E-state index in [9.17, 15) is 4.79 Å². The van der Waals surface area contributed by atoms with Crippen molar-refractivity contribution in [3.05, 3.63) is 22.2 Å². The van der Waals surface area contributed by atoms with Crippen molar-refractivity contribution in [1.82, 2.24) is 9.97 Å². The number of rotatable bonds is 4. The highest BCUT2D eigenvalue weighted by atomic mass is 16.5. The molecule has 0 spiro atoms. The highest BCUT2D eigenvalue weighted by Gasteiger charge is 2.11. The van der Waals surface area contributed by atoms with Gasteiger partial charge < -0.3 is 9.72 Å². The number of aromatic amines is 1. The summed E-state index contributed by atoms with van der Waals surface area (Å²) in [5.74, 6) is 1.28. The van der Waals surface area contributed by atoms with Crippen LogP contribution < -0.4 is 10.3 Å². The van der Waals surface area contributed by atoms with Crippen LogP contribution in [0, 0.1) is 5.41 Å². The molecule has 1 rings (SSSR count). The summed E-state index contributed by atoms with van der Waals surface area (Å²) in [4.78, 5) is 18.4. The monoisotopic (exact) mass is 238 g/mol. The molecule has 0 bridgehead atoms. The van der Waals surface area contributed by atoms with Gasteiger partial charge in [-0.1, -0.05) is 34.6 Å². The Kier molecular flexibility index (Phi) is 4.32. The van der Waals surface area contributed by atoms with E-state index in [2.05, 4.69) is 30.7 Å². The number of hydrogen-bond donors (Lipinski definition) is 1. The van der Waals surface area contributed by atoms with Gasteiger partial charge in [0, 0.05) is 5.92 Å². The molecule has 1 N–H and O–H groups in total. The summed E-state index contributed by atoms with van der Waals surface area (Å²) in [7, 11) is 0. The van der Waals surface area contributed by atoms with Gasteiger partial charge in [0.2, 0.25) is 5.88 Å². The summed E-state index contributed by atoms with van der Waals surface area (Å²) in [6, 6.07) is 1.40. The minimum atomic E-state index is -0.158. The van der Waals surface area contributed by atoms with E-state index in [-0.39, 0.29) is 16.9 Å². The van der Waals surface area contributed by atoms with E-state index in [0.29, 0.717) is 18.3 Å². The first-order chi connectivity index (χ1) is 7.78. The van der Waals surface area contributed by atoms with Crippen molar-refractivity contribution in [2.75, 3.05) is 6.61 Å². The summed E-state index contributed by atoms with van der Waals surface area (Å²) in [6.45, 7) is 11.0. The Morgan fingerprint density at radius 3 is 2.59 bits per heavy atom. The van der Waals surface area contributed by atoms with E-state index >= 15 is 0 Å². The van der Waals surface area contributed by atoms with Crippen molar-refractivity contribution in [3.8, 4) is 5.88 Å². The topological polar surface area (TPSA) is 55.0 Å². The maximum absolute atomic E-state index is 11.4. The van der Waals surface area contributed by atoms with Gasteiger partial charge in [-0.2, -0.15) is 4.98 Å². The summed E-state index contributed by atoms with van der Waals surface area (Å²) >= 11 is 0. The number of nitrogens with zero attached hydrogens (tertiary/aromatic N) is 1. The maximum atomic E-state index is 11.4. The second-order valence-electron chi connectivity index (χ2n) is 5.78. The summed E-state index contributed by atoms with van der Waals surface area (Å²) < 4.78 is 5.52. The molecule has 0 saturated heterocycles. The largest absolute Gasteiger partial charge is 0.477 e. The van der Waals surface area contributed by atoms with E-state index in [0.717, 1.165) is 6.42 Å². The molecule has 4 nitrogen and oxygen atoms in total. The molecule has 1 heterocycles. The van der Waals surface area contributed by atoms with Gasteiger partial charge in [0.15, 0.2) is 0 Å². The number of H-pyrrole nitrogens is 1. The molecule has 0 aliphatic carbocycles. The van der Waals surface area contributed by atoms with Crippen molar-refractivity contribution < 1.29 is 4.74 Å². The van der Waals surface area contributed by atoms with Gasteiger partial charge in [-0.25, -0.2) is 0 Å². The molecular formula is C13H22N2O2. The smallest absolute Gasteiger partial charge is 0.254 e. The minimum absolute atomic E-state index is 0.158. The number of aromatic nitrogens is 2. The van der Waals surface area contributed by atoms with Gasteiger partial charge in [-0.05, 0) is 11.8 Å². The predicted molar refractivity (Wildman–Crippen MR) is 68.5 cm³/mol. The van der Waals surface area contributed by atoms with Crippen LogP contribution >= 0.6 is 0 Å². The molecule has 0 aliphatic rings. The number of ether oxygens (including phenoxy) is 1. The zero-order valence-corrected chi connectivity index (χ0v) is 11.3. The van der Waals surface area contributed by atoms with Crippen LogP contribution in [0.3, 0.4) is 0 Å². The Balaban J connectivity index is 2.68. The second-order valence-corrected chi connectivity index (χ2v) is 5.78. The first-order valence-corrected chi connectivity index (χ1v) is 6.02. The average Bonchev–Trinajstić information content (AvgIpc) is 2.14. The van der Waals surface area contributed by atoms with Crippen LogP contribution in [0.5, 0.6) is 5.88 Å². The molecule has 1 aromatic rings. The van der Waals surface area contributed by atoms with E-state index < -0.39 is 0 Å². The predicted octanol–water partition coefficient (Wildman–Crippen LogP) is 2.71. The molecule has 17 heavy (non-hydrogen) atoms. The Morgan fingerprint density at radius 2 is 2.06 bits per heavy atom. The fraction of sp³-hybridized carbons (Fsp3) is 0.692. The summed E-state index contributed by atoms with van der Waals surface area (Å²) in [5.41, 5.74) is 0.0664. The van der Waals surface area contributed by atoms with Gasteiger partial charge >= 0.3 is 0 Å². The maximum Gasteiger partial charge on any atom is 0.254 e. The van der Waals surface area contributed by atoms with E-state index in [1.54, 1.807) is 0 Å². The van der Waals surface area contributed by atoms with Crippen molar-refractivity contribution in [2.24, 2.45) is 5.41 Å². The SMILES string of the molecule is CC(C)c1nc(OCCC(C)(C)C)cc(=O)[nH]1.